The van der Waals surface area contributed by atoms with Crippen molar-refractivity contribution in [2.75, 3.05) is 7.11 Å². The van der Waals surface area contributed by atoms with Gasteiger partial charge in [-0.15, -0.1) is 0 Å². The van der Waals surface area contributed by atoms with Gasteiger partial charge in [-0.3, -0.25) is 4.68 Å². The zero-order chi connectivity index (χ0) is 14.8. The third-order valence-corrected chi connectivity index (χ3v) is 3.93. The van der Waals surface area contributed by atoms with E-state index in [1.165, 1.54) is 0 Å². The first-order valence-electron chi connectivity index (χ1n) is 6.62. The number of nitrogens with zero attached hydrogens (tertiary/aromatic N) is 2. The number of ether oxygens (including phenoxy) is 1. The smallest absolute Gasteiger partial charge is 0.118 e. The molecule has 0 N–H and O–H groups in total. The summed E-state index contributed by atoms with van der Waals surface area (Å²) < 4.78 is 8.16. The highest BCUT2D eigenvalue weighted by Crippen LogP contribution is 2.27. The predicted octanol–water partition coefficient (Wildman–Crippen LogP) is 4.53. The SMILES string of the molecule is COc1ccc(-c2cc(-c3ccc(Br)cc3)nn2C)cc1. The van der Waals surface area contributed by atoms with Crippen LogP contribution in [0.2, 0.25) is 0 Å². The van der Waals surface area contributed by atoms with Gasteiger partial charge >= 0.3 is 0 Å². The molecule has 0 radical (unpaired) electrons. The second kappa shape index (κ2) is 5.74. The fourth-order valence-corrected chi connectivity index (χ4v) is 2.53. The molecule has 0 aliphatic carbocycles. The number of halogens is 1. The van der Waals surface area contributed by atoms with Crippen LogP contribution in [0.15, 0.2) is 59.1 Å². The van der Waals surface area contributed by atoms with Crippen LogP contribution in [0, 0.1) is 0 Å². The number of rotatable bonds is 3. The Morgan fingerprint density at radius 2 is 1.57 bits per heavy atom. The average Bonchev–Trinajstić information content (AvgIpc) is 2.90. The van der Waals surface area contributed by atoms with Gasteiger partial charge < -0.3 is 4.74 Å². The van der Waals surface area contributed by atoms with Gasteiger partial charge in [-0.1, -0.05) is 28.1 Å². The second-order valence-corrected chi connectivity index (χ2v) is 5.69. The molecule has 0 spiro atoms. The van der Waals surface area contributed by atoms with E-state index >= 15 is 0 Å². The molecule has 0 aliphatic rings. The van der Waals surface area contributed by atoms with E-state index in [1.54, 1.807) is 7.11 Å². The minimum atomic E-state index is 0.856. The fraction of sp³-hybridized carbons (Fsp3) is 0.118. The van der Waals surface area contributed by atoms with Crippen molar-refractivity contribution in [3.8, 4) is 28.3 Å². The van der Waals surface area contributed by atoms with E-state index in [0.29, 0.717) is 0 Å². The molecule has 0 bridgehead atoms. The topological polar surface area (TPSA) is 27.1 Å². The highest BCUT2D eigenvalue weighted by molar-refractivity contribution is 9.10. The number of hydrogen-bond donors (Lipinski definition) is 0. The minimum absolute atomic E-state index is 0.856. The molecule has 4 heteroatoms. The van der Waals surface area contributed by atoms with E-state index in [0.717, 1.165) is 32.7 Å². The highest BCUT2D eigenvalue weighted by Gasteiger charge is 2.09. The summed E-state index contributed by atoms with van der Waals surface area (Å²) in [6, 6.07) is 18.3. The molecule has 0 amide bonds. The Bertz CT molecular complexity index is 745. The van der Waals surface area contributed by atoms with Crippen LogP contribution in [0.5, 0.6) is 5.75 Å². The van der Waals surface area contributed by atoms with Crippen LogP contribution >= 0.6 is 15.9 Å². The highest BCUT2D eigenvalue weighted by atomic mass is 79.9. The number of aromatic nitrogens is 2. The van der Waals surface area contributed by atoms with Crippen LogP contribution in [0.25, 0.3) is 22.5 Å². The molecule has 3 rings (SSSR count). The first-order valence-corrected chi connectivity index (χ1v) is 7.41. The Morgan fingerprint density at radius 3 is 2.19 bits per heavy atom. The molecule has 2 aromatic carbocycles. The van der Waals surface area contributed by atoms with Crippen LogP contribution < -0.4 is 4.74 Å². The molecule has 3 nitrogen and oxygen atoms in total. The van der Waals surface area contributed by atoms with Crippen molar-refractivity contribution in [3.63, 3.8) is 0 Å². The lowest BCUT2D eigenvalue weighted by atomic mass is 10.1. The van der Waals surface area contributed by atoms with Crippen molar-refractivity contribution in [1.29, 1.82) is 0 Å². The lowest BCUT2D eigenvalue weighted by Crippen LogP contribution is -1.93. The molecule has 0 saturated heterocycles. The molecular weight excluding hydrogens is 328 g/mol. The lowest BCUT2D eigenvalue weighted by molar-refractivity contribution is 0.415. The van der Waals surface area contributed by atoms with Gasteiger partial charge in [0.25, 0.3) is 0 Å². The largest absolute Gasteiger partial charge is 0.497 e. The summed E-state index contributed by atoms with van der Waals surface area (Å²) in [4.78, 5) is 0. The molecule has 0 unspecified atom stereocenters. The second-order valence-electron chi connectivity index (χ2n) is 4.77. The summed E-state index contributed by atoms with van der Waals surface area (Å²) in [5.41, 5.74) is 4.27. The summed E-state index contributed by atoms with van der Waals surface area (Å²) in [7, 11) is 3.63. The van der Waals surface area contributed by atoms with Crippen LogP contribution in [-0.2, 0) is 7.05 Å². The monoisotopic (exact) mass is 342 g/mol. The Kier molecular flexibility index (Phi) is 3.80. The third-order valence-electron chi connectivity index (χ3n) is 3.41. The molecule has 106 valence electrons. The summed E-state index contributed by atoms with van der Waals surface area (Å²) in [5, 5.41) is 4.60. The van der Waals surface area contributed by atoms with Crippen LogP contribution in [0.3, 0.4) is 0 Å². The van der Waals surface area contributed by atoms with E-state index in [-0.39, 0.29) is 0 Å². The van der Waals surface area contributed by atoms with Crippen molar-refractivity contribution in [1.82, 2.24) is 9.78 Å². The van der Waals surface area contributed by atoms with Gasteiger partial charge in [-0.05, 0) is 42.5 Å². The van der Waals surface area contributed by atoms with Crippen LogP contribution in [0.1, 0.15) is 0 Å². The van der Waals surface area contributed by atoms with Gasteiger partial charge in [0.1, 0.15) is 5.75 Å². The molecule has 21 heavy (non-hydrogen) atoms. The zero-order valence-electron chi connectivity index (χ0n) is 11.9. The van der Waals surface area contributed by atoms with Crippen molar-refractivity contribution < 1.29 is 4.74 Å². The van der Waals surface area contributed by atoms with Gasteiger partial charge in [0.05, 0.1) is 18.5 Å². The molecule has 1 aromatic heterocycles. The summed E-state index contributed by atoms with van der Waals surface area (Å²) in [6.45, 7) is 0. The molecule has 3 aromatic rings. The van der Waals surface area contributed by atoms with Crippen molar-refractivity contribution >= 4 is 15.9 Å². The van der Waals surface area contributed by atoms with Crippen LogP contribution in [-0.4, -0.2) is 16.9 Å². The molecule has 0 saturated carbocycles. The van der Waals surface area contributed by atoms with E-state index in [9.17, 15) is 0 Å². The Balaban J connectivity index is 1.98. The first-order chi connectivity index (χ1) is 10.2. The summed E-state index contributed by atoms with van der Waals surface area (Å²) in [6.07, 6.45) is 0. The van der Waals surface area contributed by atoms with E-state index in [2.05, 4.69) is 39.2 Å². The molecular formula is C17H15BrN2O. The van der Waals surface area contributed by atoms with Crippen molar-refractivity contribution in [3.05, 3.63) is 59.1 Å². The first kappa shape index (κ1) is 13.9. The molecule has 1 heterocycles. The predicted molar refractivity (Wildman–Crippen MR) is 88.3 cm³/mol. The Hall–Kier alpha value is -2.07. The van der Waals surface area contributed by atoms with E-state index < -0.39 is 0 Å². The summed E-state index contributed by atoms with van der Waals surface area (Å²) in [5.74, 6) is 0.856. The van der Waals surface area contributed by atoms with E-state index in [4.69, 9.17) is 4.74 Å². The number of aryl methyl sites for hydroxylation is 1. The third kappa shape index (κ3) is 2.85. The molecule has 0 atom stereocenters. The average molecular weight is 343 g/mol. The molecule has 0 aliphatic heterocycles. The van der Waals surface area contributed by atoms with Gasteiger partial charge in [0.2, 0.25) is 0 Å². The van der Waals surface area contributed by atoms with Crippen molar-refractivity contribution in [2.45, 2.75) is 0 Å². The number of benzene rings is 2. The van der Waals surface area contributed by atoms with Crippen molar-refractivity contribution in [2.24, 2.45) is 7.05 Å². The standard InChI is InChI=1S/C17H15BrN2O/c1-20-17(13-5-9-15(21-2)10-6-13)11-16(19-20)12-3-7-14(18)8-4-12/h3-11H,1-2H3. The Labute approximate surface area is 132 Å². The number of hydrogen-bond acceptors (Lipinski definition) is 2. The quantitative estimate of drug-likeness (QED) is 0.699. The fourth-order valence-electron chi connectivity index (χ4n) is 2.26. The van der Waals surface area contributed by atoms with E-state index in [1.807, 2.05) is 48.1 Å². The van der Waals surface area contributed by atoms with Gasteiger partial charge in [-0.2, -0.15) is 5.10 Å². The minimum Gasteiger partial charge on any atom is -0.497 e. The Morgan fingerprint density at radius 1 is 0.952 bits per heavy atom. The lowest BCUT2D eigenvalue weighted by Gasteiger charge is -2.03. The van der Waals surface area contributed by atoms with Gasteiger partial charge in [0, 0.05) is 22.6 Å². The van der Waals surface area contributed by atoms with Gasteiger partial charge in [-0.25, -0.2) is 0 Å². The zero-order valence-corrected chi connectivity index (χ0v) is 13.5. The summed E-state index contributed by atoms with van der Waals surface area (Å²) >= 11 is 3.45. The van der Waals surface area contributed by atoms with Crippen LogP contribution in [0.4, 0.5) is 0 Å². The normalized spacial score (nSPS) is 10.6. The number of methoxy groups -OCH3 is 1. The molecule has 0 fully saturated rings. The maximum atomic E-state index is 5.19. The maximum absolute atomic E-state index is 5.19. The maximum Gasteiger partial charge on any atom is 0.118 e. The van der Waals surface area contributed by atoms with Gasteiger partial charge in [0.15, 0.2) is 0 Å².